The summed E-state index contributed by atoms with van der Waals surface area (Å²) in [6.07, 6.45) is 0.596. The Labute approximate surface area is 132 Å². The van der Waals surface area contributed by atoms with Crippen LogP contribution in [0, 0.1) is 0 Å². The minimum atomic E-state index is -0.161. The van der Waals surface area contributed by atoms with Crippen molar-refractivity contribution in [3.63, 3.8) is 0 Å². The van der Waals surface area contributed by atoms with Crippen LogP contribution in [0.4, 0.5) is 5.69 Å². The molecule has 3 nitrogen and oxygen atoms in total. The van der Waals surface area contributed by atoms with Gasteiger partial charge in [-0.2, -0.15) is 0 Å². The smallest absolute Gasteiger partial charge is 0.0521 e. The van der Waals surface area contributed by atoms with Crippen molar-refractivity contribution < 1.29 is 0 Å². The van der Waals surface area contributed by atoms with Gasteiger partial charge in [0.1, 0.15) is 0 Å². The Bertz CT molecular complexity index is 617. The van der Waals surface area contributed by atoms with Crippen LogP contribution >= 0.6 is 34.8 Å². The molecule has 1 atom stereocenters. The lowest BCUT2D eigenvalue weighted by molar-refractivity contribution is 0.553. The highest BCUT2D eigenvalue weighted by Crippen LogP contribution is 2.29. The number of nitrogens with one attached hydrogen (secondary N) is 1. The summed E-state index contributed by atoms with van der Waals surface area (Å²) in [5.41, 5.74) is 11.1. The molecule has 0 bridgehead atoms. The van der Waals surface area contributed by atoms with E-state index in [0.29, 0.717) is 27.2 Å². The maximum absolute atomic E-state index is 6.18. The number of benzene rings is 2. The maximum Gasteiger partial charge on any atom is 0.0521 e. The van der Waals surface area contributed by atoms with Gasteiger partial charge in [-0.25, -0.2) is 0 Å². The Balaban J connectivity index is 2.28. The number of nitrogens with two attached hydrogens (primary N) is 2. The van der Waals surface area contributed by atoms with Gasteiger partial charge in [0.15, 0.2) is 0 Å². The second-order valence-corrected chi connectivity index (χ2v) is 5.71. The average Bonchev–Trinajstić information content (AvgIpc) is 2.39. The van der Waals surface area contributed by atoms with Crippen molar-refractivity contribution in [3.05, 3.63) is 62.6 Å². The Morgan fingerprint density at radius 1 is 1.00 bits per heavy atom. The molecule has 0 aliphatic carbocycles. The molecule has 2 aromatic rings. The normalized spacial score (nSPS) is 12.4. The predicted octanol–water partition coefficient (Wildman–Crippen LogP) is 3.98. The van der Waals surface area contributed by atoms with Gasteiger partial charge in [0.05, 0.1) is 6.04 Å². The van der Waals surface area contributed by atoms with E-state index in [2.05, 4.69) is 5.43 Å². The standard InChI is InChI=1S/C14H14Cl3N3/c15-9-2-1-8(12(17)6-9)5-14(20-19)11-4-3-10(16)7-13(11)18/h1-4,6-7,14,20H,5,18-19H2. The van der Waals surface area contributed by atoms with Crippen molar-refractivity contribution in [1.29, 1.82) is 0 Å². The van der Waals surface area contributed by atoms with Crippen molar-refractivity contribution in [2.24, 2.45) is 5.84 Å². The first kappa shape index (κ1) is 15.4. The van der Waals surface area contributed by atoms with Crippen molar-refractivity contribution >= 4 is 40.5 Å². The van der Waals surface area contributed by atoms with Gasteiger partial charge in [-0.3, -0.25) is 11.3 Å². The van der Waals surface area contributed by atoms with E-state index < -0.39 is 0 Å². The number of hydrazine groups is 1. The van der Waals surface area contributed by atoms with Crippen LogP contribution in [0.2, 0.25) is 15.1 Å². The van der Waals surface area contributed by atoms with Gasteiger partial charge in [-0.1, -0.05) is 46.9 Å². The van der Waals surface area contributed by atoms with E-state index in [-0.39, 0.29) is 6.04 Å². The highest BCUT2D eigenvalue weighted by Gasteiger charge is 2.15. The molecule has 6 heteroatoms. The number of hydrogen-bond acceptors (Lipinski definition) is 3. The fourth-order valence-corrected chi connectivity index (χ4v) is 2.69. The van der Waals surface area contributed by atoms with Gasteiger partial charge in [-0.05, 0) is 41.8 Å². The van der Waals surface area contributed by atoms with Gasteiger partial charge >= 0.3 is 0 Å². The summed E-state index contributed by atoms with van der Waals surface area (Å²) in [6, 6.07) is 10.5. The lowest BCUT2D eigenvalue weighted by Gasteiger charge is -2.19. The van der Waals surface area contributed by atoms with E-state index in [1.807, 2.05) is 12.1 Å². The zero-order valence-corrected chi connectivity index (χ0v) is 12.8. The Kier molecular flexibility index (Phi) is 5.13. The third-order valence-corrected chi connectivity index (χ3v) is 3.89. The molecule has 0 amide bonds. The van der Waals surface area contributed by atoms with Crippen molar-refractivity contribution in [3.8, 4) is 0 Å². The molecule has 2 aromatic carbocycles. The predicted molar refractivity (Wildman–Crippen MR) is 86.1 cm³/mol. The molecule has 2 rings (SSSR count). The Morgan fingerprint density at radius 3 is 2.25 bits per heavy atom. The van der Waals surface area contributed by atoms with Crippen LogP contribution in [0.15, 0.2) is 36.4 Å². The quantitative estimate of drug-likeness (QED) is 0.451. The topological polar surface area (TPSA) is 64.1 Å². The second kappa shape index (κ2) is 6.66. The van der Waals surface area contributed by atoms with E-state index >= 15 is 0 Å². The summed E-state index contributed by atoms with van der Waals surface area (Å²) in [6.45, 7) is 0. The largest absolute Gasteiger partial charge is 0.398 e. The molecule has 0 aliphatic rings. The summed E-state index contributed by atoms with van der Waals surface area (Å²) >= 11 is 18.0. The highest BCUT2D eigenvalue weighted by atomic mass is 35.5. The minimum absolute atomic E-state index is 0.161. The van der Waals surface area contributed by atoms with Crippen LogP contribution in [-0.2, 0) is 6.42 Å². The first-order valence-electron chi connectivity index (χ1n) is 5.96. The molecule has 0 saturated heterocycles. The molecule has 5 N–H and O–H groups in total. The molecular weight excluding hydrogens is 317 g/mol. The minimum Gasteiger partial charge on any atom is -0.398 e. The zero-order chi connectivity index (χ0) is 14.7. The Hall–Kier alpha value is -0.970. The molecular formula is C14H14Cl3N3. The highest BCUT2D eigenvalue weighted by molar-refractivity contribution is 6.35. The SMILES string of the molecule is NNC(Cc1ccc(Cl)cc1Cl)c1ccc(Cl)cc1N. The van der Waals surface area contributed by atoms with Gasteiger partial charge in [0.25, 0.3) is 0 Å². The summed E-state index contributed by atoms with van der Waals surface area (Å²) in [5.74, 6) is 5.63. The van der Waals surface area contributed by atoms with Gasteiger partial charge in [0.2, 0.25) is 0 Å². The first-order valence-corrected chi connectivity index (χ1v) is 7.09. The van der Waals surface area contributed by atoms with E-state index in [1.54, 1.807) is 24.3 Å². The number of rotatable bonds is 4. The summed E-state index contributed by atoms with van der Waals surface area (Å²) in [7, 11) is 0. The van der Waals surface area contributed by atoms with Crippen molar-refractivity contribution in [1.82, 2.24) is 5.43 Å². The molecule has 0 aliphatic heterocycles. The van der Waals surface area contributed by atoms with Gasteiger partial charge < -0.3 is 5.73 Å². The van der Waals surface area contributed by atoms with Gasteiger partial charge in [0, 0.05) is 20.8 Å². The molecule has 0 aromatic heterocycles. The van der Waals surface area contributed by atoms with E-state index in [4.69, 9.17) is 46.4 Å². The summed E-state index contributed by atoms with van der Waals surface area (Å²) in [5, 5.41) is 1.79. The molecule has 0 saturated carbocycles. The Morgan fingerprint density at radius 2 is 1.65 bits per heavy atom. The van der Waals surface area contributed by atoms with E-state index in [1.165, 1.54) is 0 Å². The molecule has 1 unspecified atom stereocenters. The first-order chi connectivity index (χ1) is 9.51. The van der Waals surface area contributed by atoms with Crippen LogP contribution in [0.1, 0.15) is 17.2 Å². The third kappa shape index (κ3) is 3.57. The molecule has 106 valence electrons. The third-order valence-electron chi connectivity index (χ3n) is 3.06. The molecule has 0 radical (unpaired) electrons. The van der Waals surface area contributed by atoms with E-state index in [9.17, 15) is 0 Å². The molecule has 0 spiro atoms. The van der Waals surface area contributed by atoms with Crippen LogP contribution < -0.4 is 17.0 Å². The van der Waals surface area contributed by atoms with Crippen LogP contribution in [0.5, 0.6) is 0 Å². The monoisotopic (exact) mass is 329 g/mol. The van der Waals surface area contributed by atoms with Crippen LogP contribution in [0.3, 0.4) is 0 Å². The van der Waals surface area contributed by atoms with Crippen LogP contribution in [-0.4, -0.2) is 0 Å². The number of halogens is 3. The zero-order valence-electron chi connectivity index (χ0n) is 10.5. The molecule has 0 fully saturated rings. The fourth-order valence-electron chi connectivity index (χ4n) is 2.03. The van der Waals surface area contributed by atoms with Gasteiger partial charge in [-0.15, -0.1) is 0 Å². The number of hydrogen-bond donors (Lipinski definition) is 3. The fraction of sp³-hybridized carbons (Fsp3) is 0.143. The molecule has 20 heavy (non-hydrogen) atoms. The second-order valence-electron chi connectivity index (χ2n) is 4.43. The van der Waals surface area contributed by atoms with Crippen molar-refractivity contribution in [2.75, 3.05) is 5.73 Å². The molecule has 0 heterocycles. The van der Waals surface area contributed by atoms with Crippen LogP contribution in [0.25, 0.3) is 0 Å². The maximum atomic E-state index is 6.18. The summed E-state index contributed by atoms with van der Waals surface area (Å²) < 4.78 is 0. The number of anilines is 1. The van der Waals surface area contributed by atoms with E-state index in [0.717, 1.165) is 11.1 Å². The lowest BCUT2D eigenvalue weighted by atomic mass is 9.98. The number of nitrogen functional groups attached to an aromatic ring is 1. The summed E-state index contributed by atoms with van der Waals surface area (Å²) in [4.78, 5) is 0. The van der Waals surface area contributed by atoms with Crippen molar-refractivity contribution in [2.45, 2.75) is 12.5 Å². The average molecular weight is 331 g/mol. The lowest BCUT2D eigenvalue weighted by Crippen LogP contribution is -2.30.